The predicted octanol–water partition coefficient (Wildman–Crippen LogP) is 1.14. The minimum Gasteiger partial charge on any atom is -0.392 e. The number of nitrogens with two attached hydrogens (primary N) is 1. The Morgan fingerprint density at radius 2 is 1.67 bits per heavy atom. The maximum absolute atomic E-state index is 11.4. The quantitative estimate of drug-likeness (QED) is 0.764. The zero-order chi connectivity index (χ0) is 13.2. The highest BCUT2D eigenvalue weighted by Gasteiger charge is 2.41. The van der Waals surface area contributed by atoms with Gasteiger partial charge in [0.15, 0.2) is 0 Å². The number of hydrogen-bond donors (Lipinski definition) is 1. The standard InChI is InChI=1S/C13H23N3OS/c1-11(17)15-7-9-16(10-8-15)13(12(14)18)5-3-2-4-6-13/h2-10H2,1H3,(H2,14,18). The van der Waals surface area contributed by atoms with Crippen LogP contribution in [-0.4, -0.2) is 52.4 Å². The molecule has 0 radical (unpaired) electrons. The Bertz CT molecular complexity index is 331. The van der Waals surface area contributed by atoms with Crippen molar-refractivity contribution < 1.29 is 4.79 Å². The zero-order valence-corrected chi connectivity index (χ0v) is 12.0. The van der Waals surface area contributed by atoms with Gasteiger partial charge in [-0.05, 0) is 12.8 Å². The van der Waals surface area contributed by atoms with Crippen molar-refractivity contribution in [1.29, 1.82) is 0 Å². The van der Waals surface area contributed by atoms with E-state index in [4.69, 9.17) is 18.0 Å². The van der Waals surface area contributed by atoms with E-state index < -0.39 is 0 Å². The van der Waals surface area contributed by atoms with Crippen LogP contribution < -0.4 is 5.73 Å². The molecule has 2 rings (SSSR count). The van der Waals surface area contributed by atoms with Gasteiger partial charge in [0, 0.05) is 33.1 Å². The van der Waals surface area contributed by atoms with Crippen LogP contribution >= 0.6 is 12.2 Å². The van der Waals surface area contributed by atoms with E-state index in [0.29, 0.717) is 4.99 Å². The molecule has 4 nitrogen and oxygen atoms in total. The van der Waals surface area contributed by atoms with Crippen LogP contribution in [0.3, 0.4) is 0 Å². The fraction of sp³-hybridized carbons (Fsp3) is 0.846. The van der Waals surface area contributed by atoms with E-state index in [1.807, 2.05) is 4.90 Å². The van der Waals surface area contributed by atoms with Crippen molar-refractivity contribution in [2.24, 2.45) is 5.73 Å². The molecule has 0 aromatic heterocycles. The van der Waals surface area contributed by atoms with E-state index in [-0.39, 0.29) is 11.4 Å². The van der Waals surface area contributed by atoms with Gasteiger partial charge in [-0.3, -0.25) is 9.69 Å². The third kappa shape index (κ3) is 2.52. The van der Waals surface area contributed by atoms with E-state index in [1.165, 1.54) is 19.3 Å². The number of nitrogens with zero attached hydrogens (tertiary/aromatic N) is 2. The van der Waals surface area contributed by atoms with Gasteiger partial charge < -0.3 is 10.6 Å². The van der Waals surface area contributed by atoms with Crippen molar-refractivity contribution in [2.45, 2.75) is 44.6 Å². The topological polar surface area (TPSA) is 49.6 Å². The summed E-state index contributed by atoms with van der Waals surface area (Å²) in [7, 11) is 0. The van der Waals surface area contributed by atoms with Crippen LogP contribution in [0.25, 0.3) is 0 Å². The fourth-order valence-corrected chi connectivity index (χ4v) is 3.64. The van der Waals surface area contributed by atoms with Crippen LogP contribution in [0, 0.1) is 0 Å². The van der Waals surface area contributed by atoms with Crippen LogP contribution in [0.5, 0.6) is 0 Å². The summed E-state index contributed by atoms with van der Waals surface area (Å²) in [5.74, 6) is 0.169. The lowest BCUT2D eigenvalue weighted by molar-refractivity contribution is -0.131. The van der Waals surface area contributed by atoms with Crippen LogP contribution in [0.15, 0.2) is 0 Å². The maximum atomic E-state index is 11.4. The number of amides is 1. The Balaban J connectivity index is 2.05. The van der Waals surface area contributed by atoms with Crippen LogP contribution in [0.1, 0.15) is 39.0 Å². The molecule has 0 aromatic carbocycles. The molecule has 1 saturated carbocycles. The third-order valence-corrected chi connectivity index (χ3v) is 4.85. The molecule has 2 N–H and O–H groups in total. The summed E-state index contributed by atoms with van der Waals surface area (Å²) in [4.78, 5) is 16.3. The van der Waals surface area contributed by atoms with Crippen molar-refractivity contribution >= 4 is 23.1 Å². The molecule has 1 aliphatic heterocycles. The second kappa shape index (κ2) is 5.53. The van der Waals surface area contributed by atoms with Crippen LogP contribution in [0.2, 0.25) is 0 Å². The number of rotatable bonds is 2. The fourth-order valence-electron chi connectivity index (χ4n) is 3.30. The van der Waals surface area contributed by atoms with Gasteiger partial charge in [0.1, 0.15) is 0 Å². The summed E-state index contributed by atoms with van der Waals surface area (Å²) in [6, 6.07) is 0. The Kier molecular flexibility index (Phi) is 4.22. The SMILES string of the molecule is CC(=O)N1CCN(C2(C(N)=S)CCCCC2)CC1. The lowest BCUT2D eigenvalue weighted by Gasteiger charge is -2.49. The summed E-state index contributed by atoms with van der Waals surface area (Å²) in [5, 5.41) is 0. The zero-order valence-electron chi connectivity index (χ0n) is 11.2. The molecule has 102 valence electrons. The van der Waals surface area contributed by atoms with E-state index in [1.54, 1.807) is 6.92 Å². The Labute approximate surface area is 114 Å². The van der Waals surface area contributed by atoms with Crippen LogP contribution in [-0.2, 0) is 4.79 Å². The van der Waals surface area contributed by atoms with Crippen molar-refractivity contribution in [3.05, 3.63) is 0 Å². The molecule has 0 unspecified atom stereocenters. The smallest absolute Gasteiger partial charge is 0.219 e. The normalized spacial score (nSPS) is 24.8. The summed E-state index contributed by atoms with van der Waals surface area (Å²) >= 11 is 5.35. The molecular formula is C13H23N3OS. The molecular weight excluding hydrogens is 246 g/mol. The minimum atomic E-state index is -0.0730. The molecule has 5 heteroatoms. The first-order valence-electron chi connectivity index (χ1n) is 6.87. The minimum absolute atomic E-state index is 0.0730. The number of piperazine rings is 1. The largest absolute Gasteiger partial charge is 0.392 e. The van der Waals surface area contributed by atoms with Crippen molar-refractivity contribution in [3.8, 4) is 0 Å². The average molecular weight is 269 g/mol. The lowest BCUT2D eigenvalue weighted by atomic mass is 9.79. The summed E-state index contributed by atoms with van der Waals surface area (Å²) < 4.78 is 0. The van der Waals surface area contributed by atoms with Gasteiger partial charge in [-0.2, -0.15) is 0 Å². The second-order valence-electron chi connectivity index (χ2n) is 5.45. The molecule has 1 aliphatic carbocycles. The molecule has 0 spiro atoms. The second-order valence-corrected chi connectivity index (χ2v) is 5.89. The highest BCUT2D eigenvalue weighted by atomic mass is 32.1. The monoisotopic (exact) mass is 269 g/mol. The molecule has 1 saturated heterocycles. The Hall–Kier alpha value is -0.680. The molecule has 18 heavy (non-hydrogen) atoms. The van der Waals surface area contributed by atoms with Crippen molar-refractivity contribution in [3.63, 3.8) is 0 Å². The summed E-state index contributed by atoms with van der Waals surface area (Å²) in [5.41, 5.74) is 5.96. The van der Waals surface area contributed by atoms with Gasteiger partial charge in [0.05, 0.1) is 10.5 Å². The number of carbonyl (C=O) groups is 1. The van der Waals surface area contributed by atoms with Gasteiger partial charge in [0.2, 0.25) is 5.91 Å². The maximum Gasteiger partial charge on any atom is 0.219 e. The third-order valence-electron chi connectivity index (χ3n) is 4.47. The van der Waals surface area contributed by atoms with Crippen molar-refractivity contribution in [1.82, 2.24) is 9.80 Å². The van der Waals surface area contributed by atoms with Crippen LogP contribution in [0.4, 0.5) is 0 Å². The molecule has 0 atom stereocenters. The Morgan fingerprint density at radius 3 is 2.11 bits per heavy atom. The van der Waals surface area contributed by atoms with E-state index >= 15 is 0 Å². The van der Waals surface area contributed by atoms with Gasteiger partial charge in [-0.25, -0.2) is 0 Å². The van der Waals surface area contributed by atoms with Crippen molar-refractivity contribution in [2.75, 3.05) is 26.2 Å². The molecule has 0 bridgehead atoms. The molecule has 0 aromatic rings. The van der Waals surface area contributed by atoms with Gasteiger partial charge in [-0.15, -0.1) is 0 Å². The first-order valence-corrected chi connectivity index (χ1v) is 7.27. The first-order chi connectivity index (χ1) is 8.56. The Morgan fingerprint density at radius 1 is 1.11 bits per heavy atom. The van der Waals surface area contributed by atoms with E-state index in [2.05, 4.69) is 4.90 Å². The average Bonchev–Trinajstić information content (AvgIpc) is 2.39. The molecule has 2 fully saturated rings. The summed E-state index contributed by atoms with van der Waals surface area (Å²) in [6.45, 7) is 5.05. The number of carbonyl (C=O) groups excluding carboxylic acids is 1. The highest BCUT2D eigenvalue weighted by molar-refractivity contribution is 7.80. The van der Waals surface area contributed by atoms with Gasteiger partial charge in [-0.1, -0.05) is 31.5 Å². The highest BCUT2D eigenvalue weighted by Crippen LogP contribution is 2.34. The predicted molar refractivity (Wildman–Crippen MR) is 76.4 cm³/mol. The summed E-state index contributed by atoms with van der Waals surface area (Å²) in [6.07, 6.45) is 5.89. The van der Waals surface area contributed by atoms with E-state index in [0.717, 1.165) is 39.0 Å². The number of hydrogen-bond acceptors (Lipinski definition) is 3. The molecule has 1 amide bonds. The van der Waals surface area contributed by atoms with Gasteiger partial charge in [0.25, 0.3) is 0 Å². The molecule has 1 heterocycles. The van der Waals surface area contributed by atoms with Gasteiger partial charge >= 0.3 is 0 Å². The number of thiocarbonyl (C=S) groups is 1. The van der Waals surface area contributed by atoms with E-state index in [9.17, 15) is 4.79 Å². The lowest BCUT2D eigenvalue weighted by Crippen LogP contribution is -2.63. The first kappa shape index (κ1) is 13.7. The molecule has 2 aliphatic rings.